The molecule has 7 heteroatoms. The van der Waals surface area contributed by atoms with Crippen LogP contribution in [0.25, 0.3) is 0 Å². The third kappa shape index (κ3) is 4.23. The number of nitrogens with zero attached hydrogens (tertiary/aromatic N) is 2. The average molecular weight is 367 g/mol. The molecule has 3 aromatic rings. The number of benzene rings is 1. The van der Waals surface area contributed by atoms with Gasteiger partial charge in [-0.1, -0.05) is 17.7 Å². The summed E-state index contributed by atoms with van der Waals surface area (Å²) in [5, 5.41) is 5.77. The average Bonchev–Trinajstić information content (AvgIpc) is 2.64. The Labute approximate surface area is 155 Å². The first-order chi connectivity index (χ1) is 12.5. The Bertz CT molecular complexity index is 961. The third-order valence-corrected chi connectivity index (χ3v) is 3.85. The predicted octanol–water partition coefficient (Wildman–Crippen LogP) is 3.94. The van der Waals surface area contributed by atoms with E-state index < -0.39 is 0 Å². The largest absolute Gasteiger partial charge is 0.322 e. The van der Waals surface area contributed by atoms with Crippen LogP contribution in [0, 0.1) is 6.92 Å². The fourth-order valence-electron chi connectivity index (χ4n) is 2.33. The molecule has 0 aliphatic heterocycles. The van der Waals surface area contributed by atoms with Gasteiger partial charge in [-0.2, -0.15) is 0 Å². The normalized spacial score (nSPS) is 10.2. The number of hydrogen-bond acceptors (Lipinski definition) is 4. The zero-order valence-corrected chi connectivity index (χ0v) is 14.6. The van der Waals surface area contributed by atoms with E-state index in [1.807, 2.05) is 6.92 Å². The molecule has 1 aromatic carbocycles. The van der Waals surface area contributed by atoms with Crippen LogP contribution in [0.3, 0.4) is 0 Å². The van der Waals surface area contributed by atoms with Crippen LogP contribution in [0.4, 0.5) is 11.4 Å². The van der Waals surface area contributed by atoms with E-state index in [1.54, 1.807) is 48.8 Å². The summed E-state index contributed by atoms with van der Waals surface area (Å²) in [7, 11) is 0. The minimum Gasteiger partial charge on any atom is -0.322 e. The number of carbonyl (C=O) groups excluding carboxylic acids is 2. The second-order valence-corrected chi connectivity index (χ2v) is 5.93. The second kappa shape index (κ2) is 7.76. The summed E-state index contributed by atoms with van der Waals surface area (Å²) in [6, 6.07) is 11.6. The smallest absolute Gasteiger partial charge is 0.256 e. The summed E-state index contributed by atoms with van der Waals surface area (Å²) in [6.45, 7) is 1.83. The van der Waals surface area contributed by atoms with Crippen molar-refractivity contribution in [3.8, 4) is 0 Å². The highest BCUT2D eigenvalue weighted by atomic mass is 35.5. The molecule has 0 atom stereocenters. The van der Waals surface area contributed by atoms with Gasteiger partial charge in [0.25, 0.3) is 11.8 Å². The first-order valence-electron chi connectivity index (χ1n) is 7.78. The molecule has 26 heavy (non-hydrogen) atoms. The van der Waals surface area contributed by atoms with Crippen LogP contribution in [-0.4, -0.2) is 21.8 Å². The van der Waals surface area contributed by atoms with Crippen molar-refractivity contribution in [1.82, 2.24) is 9.97 Å². The highest BCUT2D eigenvalue weighted by Crippen LogP contribution is 2.18. The Kier molecular flexibility index (Phi) is 5.24. The van der Waals surface area contributed by atoms with E-state index in [-0.39, 0.29) is 17.0 Å². The molecule has 3 rings (SSSR count). The van der Waals surface area contributed by atoms with Crippen molar-refractivity contribution >= 4 is 34.8 Å². The summed E-state index contributed by atoms with van der Waals surface area (Å²) in [6.07, 6.45) is 4.65. The van der Waals surface area contributed by atoms with Gasteiger partial charge in [0.05, 0.1) is 11.9 Å². The van der Waals surface area contributed by atoms with E-state index in [1.165, 1.54) is 12.3 Å². The molecular weight excluding hydrogens is 352 g/mol. The lowest BCUT2D eigenvalue weighted by Crippen LogP contribution is -2.16. The summed E-state index contributed by atoms with van der Waals surface area (Å²) in [5.41, 5.74) is 2.73. The van der Waals surface area contributed by atoms with E-state index in [0.717, 1.165) is 5.56 Å². The lowest BCUT2D eigenvalue weighted by Gasteiger charge is -2.11. The molecule has 0 unspecified atom stereocenters. The second-order valence-electron chi connectivity index (χ2n) is 5.55. The molecule has 0 saturated heterocycles. The first-order valence-corrected chi connectivity index (χ1v) is 8.15. The zero-order chi connectivity index (χ0) is 18.5. The maximum Gasteiger partial charge on any atom is 0.256 e. The van der Waals surface area contributed by atoms with Crippen LogP contribution in [0.2, 0.25) is 5.15 Å². The lowest BCUT2D eigenvalue weighted by molar-refractivity contribution is 0.101. The Morgan fingerprint density at radius 1 is 0.962 bits per heavy atom. The Balaban J connectivity index is 1.79. The maximum absolute atomic E-state index is 12.5. The number of pyridine rings is 2. The molecule has 0 aliphatic carbocycles. The van der Waals surface area contributed by atoms with Gasteiger partial charge in [0.15, 0.2) is 0 Å². The molecule has 0 bridgehead atoms. The van der Waals surface area contributed by atoms with Gasteiger partial charge >= 0.3 is 0 Å². The van der Waals surface area contributed by atoms with E-state index in [2.05, 4.69) is 20.6 Å². The number of aromatic nitrogens is 2. The van der Waals surface area contributed by atoms with Gasteiger partial charge in [0.2, 0.25) is 0 Å². The zero-order valence-electron chi connectivity index (χ0n) is 13.9. The molecule has 0 radical (unpaired) electrons. The highest BCUT2D eigenvalue weighted by Gasteiger charge is 2.13. The van der Waals surface area contributed by atoms with Crippen molar-refractivity contribution < 1.29 is 9.59 Å². The van der Waals surface area contributed by atoms with Crippen molar-refractivity contribution in [1.29, 1.82) is 0 Å². The van der Waals surface area contributed by atoms with Crippen LogP contribution in [0.1, 0.15) is 26.3 Å². The van der Waals surface area contributed by atoms with Crippen LogP contribution < -0.4 is 10.6 Å². The maximum atomic E-state index is 12.5. The van der Waals surface area contributed by atoms with Crippen LogP contribution in [0.15, 0.2) is 61.1 Å². The monoisotopic (exact) mass is 366 g/mol. The predicted molar refractivity (Wildman–Crippen MR) is 101 cm³/mol. The van der Waals surface area contributed by atoms with Gasteiger partial charge in [-0.25, -0.2) is 4.98 Å². The summed E-state index contributed by atoms with van der Waals surface area (Å²) >= 11 is 5.81. The molecule has 0 spiro atoms. The topological polar surface area (TPSA) is 84.0 Å². The molecule has 6 nitrogen and oxygen atoms in total. The standard InChI is InChI=1S/C19H15ClN4O2/c1-12-4-5-14(23-18(25)13-6-8-22-17(20)9-13)10-16(12)19(26)24-15-3-2-7-21-11-15/h2-11H,1H3,(H,23,25)(H,24,26). The number of nitrogens with one attached hydrogen (secondary N) is 2. The number of anilines is 2. The van der Waals surface area contributed by atoms with Gasteiger partial charge in [0.1, 0.15) is 5.15 Å². The van der Waals surface area contributed by atoms with E-state index >= 15 is 0 Å². The summed E-state index contributed by atoms with van der Waals surface area (Å²) in [4.78, 5) is 32.6. The number of rotatable bonds is 4. The fraction of sp³-hybridized carbons (Fsp3) is 0.0526. The fourth-order valence-corrected chi connectivity index (χ4v) is 2.50. The Morgan fingerprint density at radius 2 is 1.77 bits per heavy atom. The van der Waals surface area contributed by atoms with Gasteiger partial charge in [-0.15, -0.1) is 0 Å². The van der Waals surface area contributed by atoms with Gasteiger partial charge in [0, 0.05) is 29.2 Å². The number of halogens is 1. The molecule has 2 N–H and O–H groups in total. The number of hydrogen-bond donors (Lipinski definition) is 2. The quantitative estimate of drug-likeness (QED) is 0.685. The molecule has 0 aliphatic rings. The van der Waals surface area contributed by atoms with E-state index in [4.69, 9.17) is 11.6 Å². The number of amides is 2. The number of aryl methyl sites for hydroxylation is 1. The van der Waals surface area contributed by atoms with Gasteiger partial charge in [-0.3, -0.25) is 14.6 Å². The van der Waals surface area contributed by atoms with Gasteiger partial charge < -0.3 is 10.6 Å². The summed E-state index contributed by atoms with van der Waals surface area (Å²) in [5.74, 6) is -0.615. The SMILES string of the molecule is Cc1ccc(NC(=O)c2ccnc(Cl)c2)cc1C(=O)Nc1cccnc1. The molecule has 2 amide bonds. The van der Waals surface area contributed by atoms with Crippen molar-refractivity contribution in [3.05, 3.63) is 82.9 Å². The van der Waals surface area contributed by atoms with Crippen molar-refractivity contribution in [3.63, 3.8) is 0 Å². The molecule has 0 saturated carbocycles. The van der Waals surface area contributed by atoms with Gasteiger partial charge in [-0.05, 0) is 48.9 Å². The van der Waals surface area contributed by atoms with Crippen LogP contribution in [-0.2, 0) is 0 Å². The molecule has 0 fully saturated rings. The molecule has 2 aromatic heterocycles. The first kappa shape index (κ1) is 17.6. The number of carbonyl (C=O) groups is 2. The minimum absolute atomic E-state index is 0.234. The molecular formula is C19H15ClN4O2. The van der Waals surface area contributed by atoms with Crippen LogP contribution >= 0.6 is 11.6 Å². The van der Waals surface area contributed by atoms with E-state index in [0.29, 0.717) is 22.5 Å². The van der Waals surface area contributed by atoms with Crippen molar-refractivity contribution in [2.45, 2.75) is 6.92 Å². The van der Waals surface area contributed by atoms with Crippen LogP contribution in [0.5, 0.6) is 0 Å². The molecule has 130 valence electrons. The van der Waals surface area contributed by atoms with Crippen molar-refractivity contribution in [2.24, 2.45) is 0 Å². The lowest BCUT2D eigenvalue weighted by atomic mass is 10.1. The summed E-state index contributed by atoms with van der Waals surface area (Å²) < 4.78 is 0. The molecule has 2 heterocycles. The highest BCUT2D eigenvalue weighted by molar-refractivity contribution is 6.29. The van der Waals surface area contributed by atoms with E-state index in [9.17, 15) is 9.59 Å². The Hall–Kier alpha value is -3.25. The van der Waals surface area contributed by atoms with Crippen molar-refractivity contribution in [2.75, 3.05) is 10.6 Å². The minimum atomic E-state index is -0.336. The third-order valence-electron chi connectivity index (χ3n) is 3.65. The Morgan fingerprint density at radius 3 is 2.50 bits per heavy atom.